The lowest BCUT2D eigenvalue weighted by atomic mass is 9.95. The number of aromatic nitrogens is 2. The molecule has 0 spiro atoms. The first-order valence-electron chi connectivity index (χ1n) is 9.85. The summed E-state index contributed by atoms with van der Waals surface area (Å²) in [6.07, 6.45) is 11.0. The minimum absolute atomic E-state index is 0.234. The number of Topliss-reactive ketones (excluding diaryl/α,β-unsaturated/α-hetero) is 1. The van der Waals surface area contributed by atoms with E-state index in [4.69, 9.17) is 0 Å². The van der Waals surface area contributed by atoms with E-state index in [1.807, 2.05) is 31.6 Å². The van der Waals surface area contributed by atoms with Gasteiger partial charge in [-0.2, -0.15) is 0 Å². The normalized spacial score (nSPS) is 15.5. The predicted molar refractivity (Wildman–Crippen MR) is 106 cm³/mol. The van der Waals surface area contributed by atoms with Gasteiger partial charge in [-0.3, -0.25) is 14.7 Å². The highest BCUT2D eigenvalue weighted by atomic mass is 16.1. The third-order valence-electron chi connectivity index (χ3n) is 5.67. The van der Waals surface area contributed by atoms with Crippen molar-refractivity contribution in [1.82, 2.24) is 14.5 Å². The van der Waals surface area contributed by atoms with E-state index in [-0.39, 0.29) is 5.78 Å². The van der Waals surface area contributed by atoms with Gasteiger partial charge in [-0.05, 0) is 63.9 Å². The molecule has 1 aliphatic carbocycles. The lowest BCUT2D eigenvalue weighted by molar-refractivity contribution is 0.0946. The van der Waals surface area contributed by atoms with Crippen molar-refractivity contribution < 1.29 is 4.79 Å². The molecule has 2 aromatic heterocycles. The van der Waals surface area contributed by atoms with Gasteiger partial charge in [0.05, 0.1) is 6.54 Å². The molecular weight excluding hydrogens is 322 g/mol. The van der Waals surface area contributed by atoms with E-state index in [9.17, 15) is 4.79 Å². The number of carbonyl (C=O) groups excluding carboxylic acids is 1. The maximum absolute atomic E-state index is 12.9. The summed E-state index contributed by atoms with van der Waals surface area (Å²) in [4.78, 5) is 19.0. The van der Waals surface area contributed by atoms with Crippen LogP contribution in [0.4, 0.5) is 0 Å². The van der Waals surface area contributed by atoms with Crippen molar-refractivity contribution in [2.75, 3.05) is 20.1 Å². The van der Waals surface area contributed by atoms with Crippen LogP contribution >= 0.6 is 0 Å². The van der Waals surface area contributed by atoms with Crippen LogP contribution in [0.25, 0.3) is 0 Å². The number of hydrogen-bond acceptors (Lipinski definition) is 3. The molecule has 4 heteroatoms. The Balaban J connectivity index is 1.62. The number of pyridine rings is 1. The van der Waals surface area contributed by atoms with Crippen molar-refractivity contribution in [3.8, 4) is 0 Å². The quantitative estimate of drug-likeness (QED) is 0.694. The Labute approximate surface area is 157 Å². The standard InChI is InChI=1S/C22H31N3O/c1-17-15-21(18(2)25(17)20-7-5-4-6-8-20)22(26)16-24(3)14-11-19-9-12-23-13-10-19/h9-10,12-13,15,20H,4-8,11,14,16H2,1-3H3. The molecule has 0 aliphatic heterocycles. The minimum Gasteiger partial charge on any atom is -0.345 e. The van der Waals surface area contributed by atoms with Crippen LogP contribution in [0.3, 0.4) is 0 Å². The van der Waals surface area contributed by atoms with Gasteiger partial charge in [-0.15, -0.1) is 0 Å². The second kappa shape index (κ2) is 8.63. The van der Waals surface area contributed by atoms with Crippen LogP contribution in [0.2, 0.25) is 0 Å². The fourth-order valence-electron chi connectivity index (χ4n) is 4.24. The van der Waals surface area contributed by atoms with Crippen molar-refractivity contribution in [3.05, 3.63) is 53.1 Å². The molecule has 0 atom stereocenters. The van der Waals surface area contributed by atoms with Gasteiger partial charge in [-0.25, -0.2) is 0 Å². The van der Waals surface area contributed by atoms with Gasteiger partial charge in [0.2, 0.25) is 0 Å². The molecule has 0 aromatic carbocycles. The molecule has 2 aromatic rings. The second-order valence-corrected chi connectivity index (χ2v) is 7.71. The van der Waals surface area contributed by atoms with Crippen LogP contribution in [0.1, 0.15) is 65.5 Å². The van der Waals surface area contributed by atoms with Gasteiger partial charge >= 0.3 is 0 Å². The molecule has 26 heavy (non-hydrogen) atoms. The van der Waals surface area contributed by atoms with Gasteiger partial charge in [0.1, 0.15) is 0 Å². The fraction of sp³-hybridized carbons (Fsp3) is 0.545. The van der Waals surface area contributed by atoms with E-state index >= 15 is 0 Å². The van der Waals surface area contributed by atoms with Crippen LogP contribution in [0, 0.1) is 13.8 Å². The van der Waals surface area contributed by atoms with E-state index in [1.165, 1.54) is 43.4 Å². The number of carbonyl (C=O) groups is 1. The fourth-order valence-corrected chi connectivity index (χ4v) is 4.24. The summed E-state index contributed by atoms with van der Waals surface area (Å²) in [5.41, 5.74) is 4.55. The summed E-state index contributed by atoms with van der Waals surface area (Å²) in [6, 6.07) is 6.75. The summed E-state index contributed by atoms with van der Waals surface area (Å²) in [5, 5.41) is 0. The first-order valence-corrected chi connectivity index (χ1v) is 9.85. The lowest BCUT2D eigenvalue weighted by Gasteiger charge is -2.26. The van der Waals surface area contributed by atoms with Crippen molar-refractivity contribution in [2.45, 2.75) is 58.4 Å². The Kier molecular flexibility index (Phi) is 6.25. The average Bonchev–Trinajstić information content (AvgIpc) is 2.96. The third-order valence-corrected chi connectivity index (χ3v) is 5.67. The molecule has 1 saturated carbocycles. The Bertz CT molecular complexity index is 729. The molecule has 1 aliphatic rings. The van der Waals surface area contributed by atoms with Crippen molar-refractivity contribution >= 4 is 5.78 Å². The van der Waals surface area contributed by atoms with E-state index < -0.39 is 0 Å². The highest BCUT2D eigenvalue weighted by Gasteiger charge is 2.22. The van der Waals surface area contributed by atoms with E-state index in [0.717, 1.165) is 24.2 Å². The largest absolute Gasteiger partial charge is 0.345 e. The maximum atomic E-state index is 12.9. The van der Waals surface area contributed by atoms with Crippen LogP contribution in [-0.2, 0) is 6.42 Å². The Morgan fingerprint density at radius 1 is 1.19 bits per heavy atom. The molecule has 0 bridgehead atoms. The van der Waals surface area contributed by atoms with Crippen LogP contribution in [-0.4, -0.2) is 40.4 Å². The Morgan fingerprint density at radius 3 is 2.58 bits per heavy atom. The SMILES string of the molecule is Cc1cc(C(=O)CN(C)CCc2ccncc2)c(C)n1C1CCCCC1. The smallest absolute Gasteiger partial charge is 0.178 e. The van der Waals surface area contributed by atoms with Gasteiger partial charge in [-0.1, -0.05) is 19.3 Å². The van der Waals surface area contributed by atoms with Crippen molar-refractivity contribution in [3.63, 3.8) is 0 Å². The highest BCUT2D eigenvalue weighted by molar-refractivity contribution is 5.99. The number of nitrogens with zero attached hydrogens (tertiary/aromatic N) is 3. The zero-order valence-electron chi connectivity index (χ0n) is 16.4. The van der Waals surface area contributed by atoms with Gasteiger partial charge in [0.15, 0.2) is 5.78 Å². The summed E-state index contributed by atoms with van der Waals surface area (Å²) >= 11 is 0. The number of aryl methyl sites for hydroxylation is 1. The summed E-state index contributed by atoms with van der Waals surface area (Å²) < 4.78 is 2.42. The molecule has 0 amide bonds. The summed E-state index contributed by atoms with van der Waals surface area (Å²) in [5.74, 6) is 0.234. The van der Waals surface area contributed by atoms with Crippen LogP contribution in [0.5, 0.6) is 0 Å². The molecule has 4 nitrogen and oxygen atoms in total. The van der Waals surface area contributed by atoms with E-state index in [2.05, 4.69) is 34.4 Å². The minimum atomic E-state index is 0.234. The summed E-state index contributed by atoms with van der Waals surface area (Å²) in [6.45, 7) is 5.61. The first kappa shape index (κ1) is 18.8. The van der Waals surface area contributed by atoms with Crippen molar-refractivity contribution in [1.29, 1.82) is 0 Å². The predicted octanol–water partition coefficient (Wildman–Crippen LogP) is 4.36. The number of ketones is 1. The molecule has 0 N–H and O–H groups in total. The lowest BCUT2D eigenvalue weighted by Crippen LogP contribution is -2.28. The zero-order chi connectivity index (χ0) is 18.5. The van der Waals surface area contributed by atoms with Gasteiger partial charge in [0, 0.05) is 41.9 Å². The molecule has 0 radical (unpaired) electrons. The second-order valence-electron chi connectivity index (χ2n) is 7.71. The molecule has 0 saturated heterocycles. The maximum Gasteiger partial charge on any atom is 0.178 e. The Morgan fingerprint density at radius 2 is 1.88 bits per heavy atom. The van der Waals surface area contributed by atoms with E-state index in [1.54, 1.807) is 0 Å². The number of rotatable bonds is 7. The average molecular weight is 354 g/mol. The topological polar surface area (TPSA) is 38.1 Å². The first-order chi connectivity index (χ1) is 12.6. The number of likely N-dealkylation sites (N-methyl/N-ethyl adjacent to an activating group) is 1. The highest BCUT2D eigenvalue weighted by Crippen LogP contribution is 2.32. The summed E-state index contributed by atoms with van der Waals surface area (Å²) in [7, 11) is 2.03. The molecule has 140 valence electrons. The monoisotopic (exact) mass is 353 g/mol. The molecular formula is C22H31N3O. The van der Waals surface area contributed by atoms with Crippen LogP contribution < -0.4 is 0 Å². The molecule has 1 fully saturated rings. The molecule has 0 unspecified atom stereocenters. The van der Waals surface area contributed by atoms with E-state index in [0.29, 0.717) is 12.6 Å². The van der Waals surface area contributed by atoms with Crippen LogP contribution in [0.15, 0.2) is 30.6 Å². The Hall–Kier alpha value is -1.94. The third kappa shape index (κ3) is 4.42. The number of hydrogen-bond donors (Lipinski definition) is 0. The van der Waals surface area contributed by atoms with Crippen molar-refractivity contribution in [2.24, 2.45) is 0 Å². The molecule has 3 rings (SSSR count). The zero-order valence-corrected chi connectivity index (χ0v) is 16.4. The van der Waals surface area contributed by atoms with Gasteiger partial charge in [0.25, 0.3) is 0 Å². The van der Waals surface area contributed by atoms with Gasteiger partial charge < -0.3 is 4.57 Å². The molecule has 2 heterocycles.